The molecule has 1 aromatic carbocycles. The number of likely N-dealkylation sites (N-methyl/N-ethyl adjacent to an activating group) is 1. The van der Waals surface area contributed by atoms with Crippen LogP contribution in [0.5, 0.6) is 0 Å². The lowest BCUT2D eigenvalue weighted by Gasteiger charge is -2.36. The van der Waals surface area contributed by atoms with Crippen molar-refractivity contribution >= 4 is 51.8 Å². The second kappa shape index (κ2) is 12.1. The van der Waals surface area contributed by atoms with Crippen molar-refractivity contribution in [1.29, 1.82) is 0 Å². The molecule has 0 unspecified atom stereocenters. The molecule has 2 saturated heterocycles. The van der Waals surface area contributed by atoms with E-state index in [0.29, 0.717) is 22.8 Å². The molecule has 4 rings (SSSR count). The number of hydrogen-bond donors (Lipinski definition) is 2. The smallest absolute Gasteiger partial charge is 0.246 e. The highest BCUT2D eigenvalue weighted by Gasteiger charge is 2.40. The number of piperidine rings is 1. The average Bonchev–Trinajstić information content (AvgIpc) is 3.57. The number of halogens is 2. The Hall–Kier alpha value is -1.96. The van der Waals surface area contributed by atoms with Crippen LogP contribution in [0.3, 0.4) is 0 Å². The van der Waals surface area contributed by atoms with Crippen LogP contribution < -0.4 is 10.6 Å². The fourth-order valence-corrected chi connectivity index (χ4v) is 6.25. The van der Waals surface area contributed by atoms with E-state index < -0.39 is 17.9 Å². The monoisotopic (exact) mass is 627 g/mol. The van der Waals surface area contributed by atoms with Gasteiger partial charge in [-0.1, -0.05) is 0 Å². The van der Waals surface area contributed by atoms with Gasteiger partial charge >= 0.3 is 0 Å². The Bertz CT molecular complexity index is 1090. The molecular weight excluding hydrogens is 596 g/mol. The van der Waals surface area contributed by atoms with E-state index in [1.54, 1.807) is 19.4 Å². The standard InChI is InChI=1S/C25H31FIN5O3S/c1-15(28-2)23(34)30-21(16-9-12-31(27)13-10-16)25(35)32-11-3-4-20(32)24-29-19(14-36-24)22(33)17-5-7-18(26)8-6-17/h5-8,14-16,20-21,28H,3-4,9-13H2,1-2H3,(H,30,34)/t15-,20-,21-/m0/s1. The third-order valence-electron chi connectivity index (χ3n) is 7.03. The van der Waals surface area contributed by atoms with Gasteiger partial charge in [0.15, 0.2) is 0 Å². The van der Waals surface area contributed by atoms with E-state index in [1.165, 1.54) is 35.6 Å². The number of ketones is 1. The van der Waals surface area contributed by atoms with E-state index in [1.807, 2.05) is 4.90 Å². The van der Waals surface area contributed by atoms with Gasteiger partial charge in [-0.15, -0.1) is 11.3 Å². The van der Waals surface area contributed by atoms with E-state index in [0.717, 1.165) is 38.8 Å². The summed E-state index contributed by atoms with van der Waals surface area (Å²) in [5.74, 6) is -0.886. The molecular formula is C25H31FIN5O3S. The van der Waals surface area contributed by atoms with Gasteiger partial charge in [-0.3, -0.25) is 14.4 Å². The largest absolute Gasteiger partial charge is 0.343 e. The molecule has 2 aliphatic rings. The van der Waals surface area contributed by atoms with Gasteiger partial charge in [0.05, 0.1) is 12.1 Å². The minimum atomic E-state index is -0.598. The topological polar surface area (TPSA) is 94.6 Å². The van der Waals surface area contributed by atoms with Crippen LogP contribution in [0.2, 0.25) is 0 Å². The fraction of sp³-hybridized carbons (Fsp3) is 0.520. The van der Waals surface area contributed by atoms with Crippen molar-refractivity contribution in [3.8, 4) is 0 Å². The third-order valence-corrected chi connectivity index (χ3v) is 8.94. The first-order valence-corrected chi connectivity index (χ1v) is 14.1. The van der Waals surface area contributed by atoms with Gasteiger partial charge in [0.2, 0.25) is 17.6 Å². The minimum Gasteiger partial charge on any atom is -0.343 e. The molecule has 3 atom stereocenters. The number of carbonyl (C=O) groups is 3. The molecule has 0 radical (unpaired) electrons. The summed E-state index contributed by atoms with van der Waals surface area (Å²) in [5, 5.41) is 8.39. The normalized spacial score (nSPS) is 20.8. The third kappa shape index (κ3) is 6.12. The van der Waals surface area contributed by atoms with Gasteiger partial charge in [-0.05, 0) is 69.8 Å². The maximum atomic E-state index is 13.9. The lowest BCUT2D eigenvalue weighted by Crippen LogP contribution is -2.56. The zero-order valence-electron chi connectivity index (χ0n) is 20.4. The summed E-state index contributed by atoms with van der Waals surface area (Å²) >= 11 is 3.66. The Labute approximate surface area is 228 Å². The second-order valence-electron chi connectivity index (χ2n) is 9.34. The first-order valence-electron chi connectivity index (χ1n) is 12.2. The second-order valence-corrected chi connectivity index (χ2v) is 11.6. The van der Waals surface area contributed by atoms with Gasteiger partial charge in [0, 0.05) is 53.4 Å². The zero-order chi connectivity index (χ0) is 25.8. The molecule has 3 heterocycles. The number of aromatic nitrogens is 1. The molecule has 2 amide bonds. The molecule has 2 aliphatic heterocycles. The average molecular weight is 628 g/mol. The highest BCUT2D eigenvalue weighted by atomic mass is 127. The fourth-order valence-electron chi connectivity index (χ4n) is 4.75. The van der Waals surface area contributed by atoms with Gasteiger partial charge in [0.1, 0.15) is 22.6 Å². The summed E-state index contributed by atoms with van der Waals surface area (Å²) in [6.07, 6.45) is 3.25. The van der Waals surface area contributed by atoms with E-state index in [9.17, 15) is 18.8 Å². The van der Waals surface area contributed by atoms with Crippen molar-refractivity contribution in [2.24, 2.45) is 5.92 Å². The summed E-state index contributed by atoms with van der Waals surface area (Å²) in [4.78, 5) is 45.9. The van der Waals surface area contributed by atoms with Crippen LogP contribution in [0.25, 0.3) is 0 Å². The number of nitrogens with one attached hydrogen (secondary N) is 2. The molecule has 8 nitrogen and oxygen atoms in total. The zero-order valence-corrected chi connectivity index (χ0v) is 23.4. The lowest BCUT2D eigenvalue weighted by molar-refractivity contribution is -0.139. The summed E-state index contributed by atoms with van der Waals surface area (Å²) in [5.41, 5.74) is 0.665. The van der Waals surface area contributed by atoms with Crippen molar-refractivity contribution in [2.45, 2.75) is 50.7 Å². The first-order chi connectivity index (χ1) is 17.3. The van der Waals surface area contributed by atoms with Crippen molar-refractivity contribution < 1.29 is 18.8 Å². The Morgan fingerprint density at radius 1 is 1.14 bits per heavy atom. The van der Waals surface area contributed by atoms with Crippen LogP contribution in [0.15, 0.2) is 29.6 Å². The SMILES string of the molecule is CN[C@@H](C)C(=O)N[C@H](C(=O)N1CCC[C@H]1c1nc(C(=O)c2ccc(F)cc2)cs1)C1CCN(I)CC1. The highest BCUT2D eigenvalue weighted by Crippen LogP contribution is 2.36. The van der Waals surface area contributed by atoms with Gasteiger partial charge in [-0.2, -0.15) is 0 Å². The quantitative estimate of drug-likeness (QED) is 0.265. The Kier molecular flexibility index (Phi) is 9.07. The number of hydrogen-bond acceptors (Lipinski definition) is 7. The summed E-state index contributed by atoms with van der Waals surface area (Å²) < 4.78 is 15.5. The number of amides is 2. The first kappa shape index (κ1) is 27.1. The number of benzene rings is 1. The molecule has 1 aromatic heterocycles. The molecule has 2 aromatic rings. The molecule has 11 heteroatoms. The molecule has 0 spiro atoms. The van der Waals surface area contributed by atoms with E-state index >= 15 is 0 Å². The van der Waals surface area contributed by atoms with Crippen LogP contribution in [0, 0.1) is 11.7 Å². The molecule has 0 saturated carbocycles. The Morgan fingerprint density at radius 2 is 1.83 bits per heavy atom. The minimum absolute atomic E-state index is 0.0599. The molecule has 36 heavy (non-hydrogen) atoms. The van der Waals surface area contributed by atoms with Crippen molar-refractivity contribution in [2.75, 3.05) is 26.7 Å². The number of rotatable bonds is 8. The van der Waals surface area contributed by atoms with Crippen molar-refractivity contribution in [3.63, 3.8) is 0 Å². The lowest BCUT2D eigenvalue weighted by atomic mass is 9.89. The summed E-state index contributed by atoms with van der Waals surface area (Å²) in [6, 6.07) is 4.17. The van der Waals surface area contributed by atoms with Gasteiger partial charge in [-0.25, -0.2) is 12.5 Å². The van der Waals surface area contributed by atoms with Crippen LogP contribution in [-0.4, -0.2) is 69.4 Å². The number of likely N-dealkylation sites (tertiary alicyclic amines) is 1. The van der Waals surface area contributed by atoms with Crippen LogP contribution in [0.1, 0.15) is 59.7 Å². The number of thiazole rings is 1. The van der Waals surface area contributed by atoms with Crippen molar-refractivity contribution in [3.05, 3.63) is 51.7 Å². The molecule has 194 valence electrons. The predicted molar refractivity (Wildman–Crippen MR) is 144 cm³/mol. The molecule has 2 fully saturated rings. The summed E-state index contributed by atoms with van der Waals surface area (Å²) in [7, 11) is 1.72. The predicted octanol–water partition coefficient (Wildman–Crippen LogP) is 3.33. The van der Waals surface area contributed by atoms with Crippen LogP contribution in [0.4, 0.5) is 4.39 Å². The molecule has 0 aliphatic carbocycles. The van der Waals surface area contributed by atoms with E-state index in [4.69, 9.17) is 0 Å². The summed E-state index contributed by atoms with van der Waals surface area (Å²) in [6.45, 7) is 4.11. The van der Waals surface area contributed by atoms with Gasteiger partial charge in [0.25, 0.3) is 0 Å². The number of nitrogens with zero attached hydrogens (tertiary/aromatic N) is 3. The van der Waals surface area contributed by atoms with E-state index in [2.05, 4.69) is 41.6 Å². The highest BCUT2D eigenvalue weighted by molar-refractivity contribution is 14.1. The Morgan fingerprint density at radius 3 is 2.50 bits per heavy atom. The van der Waals surface area contributed by atoms with Crippen LogP contribution >= 0.6 is 34.2 Å². The molecule has 0 bridgehead atoms. The maximum absolute atomic E-state index is 13.9. The Balaban J connectivity index is 1.53. The maximum Gasteiger partial charge on any atom is 0.246 e. The molecule has 2 N–H and O–H groups in total. The number of carbonyl (C=O) groups excluding carboxylic acids is 3. The van der Waals surface area contributed by atoms with E-state index in [-0.39, 0.29) is 29.6 Å². The van der Waals surface area contributed by atoms with Crippen LogP contribution in [-0.2, 0) is 9.59 Å². The van der Waals surface area contributed by atoms with Gasteiger partial charge < -0.3 is 15.5 Å². The van der Waals surface area contributed by atoms with Crippen molar-refractivity contribution in [1.82, 2.24) is 23.6 Å².